The minimum absolute atomic E-state index is 1.23. The molecule has 2 aliphatic rings. The Hall–Kier alpha value is -0.850. The first-order valence-electron chi connectivity index (χ1n) is 7.36. The fraction of sp³-hybridized carbons (Fsp3) is 0.688. The molecule has 0 amide bonds. The summed E-state index contributed by atoms with van der Waals surface area (Å²) in [5.74, 6) is 0. The van der Waals surface area contributed by atoms with E-state index in [-0.39, 0.29) is 0 Å². The molecule has 0 aliphatic heterocycles. The molecule has 1 nitrogen and oxygen atoms in total. The van der Waals surface area contributed by atoms with Crippen LogP contribution in [0.15, 0.2) is 0 Å². The Kier molecular flexibility index (Phi) is 5.67. The van der Waals surface area contributed by atoms with Crippen LogP contribution in [-0.4, -0.2) is 4.98 Å². The third kappa shape index (κ3) is 2.70. The monoisotopic (exact) mass is 233 g/mol. The molecule has 1 aromatic heterocycles. The molecule has 1 aromatic rings. The number of hydrogen-bond donors (Lipinski definition) is 0. The fourth-order valence-corrected chi connectivity index (χ4v) is 2.86. The highest BCUT2D eigenvalue weighted by Gasteiger charge is 2.22. The number of nitrogens with zero attached hydrogens (tertiary/aromatic N) is 1. The van der Waals surface area contributed by atoms with Crippen LogP contribution in [-0.2, 0) is 25.7 Å². The van der Waals surface area contributed by atoms with E-state index in [1.165, 1.54) is 49.9 Å². The van der Waals surface area contributed by atoms with Crippen LogP contribution in [0.2, 0.25) is 0 Å². The van der Waals surface area contributed by atoms with Gasteiger partial charge in [0.15, 0.2) is 0 Å². The largest absolute Gasteiger partial charge is 0.257 e. The van der Waals surface area contributed by atoms with Gasteiger partial charge in [-0.25, -0.2) is 0 Å². The summed E-state index contributed by atoms with van der Waals surface area (Å²) in [6.07, 6.45) is 7.66. The summed E-state index contributed by atoms with van der Waals surface area (Å²) in [6, 6.07) is 0. The van der Waals surface area contributed by atoms with Crippen molar-refractivity contribution < 1.29 is 0 Å². The smallest absolute Gasteiger partial charge is 0.0441 e. The van der Waals surface area contributed by atoms with Gasteiger partial charge in [-0.3, -0.25) is 4.98 Å². The summed E-state index contributed by atoms with van der Waals surface area (Å²) < 4.78 is 0. The molecule has 0 radical (unpaired) electrons. The van der Waals surface area contributed by atoms with Crippen molar-refractivity contribution in [1.29, 1.82) is 0 Å². The Morgan fingerprint density at radius 3 is 1.53 bits per heavy atom. The molecular formula is C16H27N. The molecule has 3 rings (SSSR count). The maximum Gasteiger partial charge on any atom is 0.0441 e. The van der Waals surface area contributed by atoms with Gasteiger partial charge in [-0.15, -0.1) is 0 Å². The van der Waals surface area contributed by atoms with E-state index in [0.717, 1.165) is 0 Å². The second kappa shape index (κ2) is 6.78. The van der Waals surface area contributed by atoms with E-state index in [0.29, 0.717) is 0 Å². The SMILES string of the molecule is CC.CC.Cc1c2c(nc3c1CCC3)CCC2. The molecule has 0 bridgehead atoms. The van der Waals surface area contributed by atoms with E-state index in [9.17, 15) is 0 Å². The number of pyridine rings is 1. The third-order valence-corrected chi connectivity index (χ3v) is 3.55. The summed E-state index contributed by atoms with van der Waals surface area (Å²) in [6.45, 7) is 10.3. The van der Waals surface area contributed by atoms with Crippen LogP contribution in [0.5, 0.6) is 0 Å². The summed E-state index contributed by atoms with van der Waals surface area (Å²) in [7, 11) is 0. The molecule has 2 aliphatic carbocycles. The highest BCUT2D eigenvalue weighted by Crippen LogP contribution is 2.31. The highest BCUT2D eigenvalue weighted by molar-refractivity contribution is 5.43. The predicted molar refractivity (Wildman–Crippen MR) is 75.7 cm³/mol. The molecule has 1 heteroatoms. The Morgan fingerprint density at radius 2 is 1.12 bits per heavy atom. The summed E-state index contributed by atoms with van der Waals surface area (Å²) in [5, 5.41) is 0. The van der Waals surface area contributed by atoms with Crippen LogP contribution < -0.4 is 0 Å². The first-order chi connectivity index (χ1) is 8.36. The van der Waals surface area contributed by atoms with Gasteiger partial charge in [-0.05, 0) is 62.1 Å². The van der Waals surface area contributed by atoms with Crippen LogP contribution in [0, 0.1) is 6.92 Å². The zero-order valence-electron chi connectivity index (χ0n) is 12.2. The quantitative estimate of drug-likeness (QED) is 0.646. The van der Waals surface area contributed by atoms with Crippen molar-refractivity contribution in [3.8, 4) is 0 Å². The fourth-order valence-electron chi connectivity index (χ4n) is 2.86. The molecule has 0 N–H and O–H groups in total. The van der Waals surface area contributed by atoms with E-state index in [1.807, 2.05) is 27.7 Å². The second-order valence-electron chi connectivity index (χ2n) is 4.29. The molecule has 1 heterocycles. The molecule has 0 unspecified atom stereocenters. The molecule has 0 fully saturated rings. The van der Waals surface area contributed by atoms with Gasteiger partial charge in [0.2, 0.25) is 0 Å². The van der Waals surface area contributed by atoms with Crippen LogP contribution in [0.4, 0.5) is 0 Å². The van der Waals surface area contributed by atoms with Gasteiger partial charge in [0, 0.05) is 11.4 Å². The summed E-state index contributed by atoms with van der Waals surface area (Å²) >= 11 is 0. The van der Waals surface area contributed by atoms with E-state index < -0.39 is 0 Å². The Balaban J connectivity index is 0.000000330. The third-order valence-electron chi connectivity index (χ3n) is 3.55. The van der Waals surface area contributed by atoms with E-state index in [1.54, 1.807) is 16.7 Å². The number of rotatable bonds is 0. The summed E-state index contributed by atoms with van der Waals surface area (Å²) in [5.41, 5.74) is 7.58. The molecule has 96 valence electrons. The van der Waals surface area contributed by atoms with Crippen molar-refractivity contribution >= 4 is 0 Å². The summed E-state index contributed by atoms with van der Waals surface area (Å²) in [4.78, 5) is 4.79. The average molecular weight is 233 g/mol. The van der Waals surface area contributed by atoms with Gasteiger partial charge in [0.05, 0.1) is 0 Å². The number of hydrogen-bond acceptors (Lipinski definition) is 1. The van der Waals surface area contributed by atoms with Gasteiger partial charge in [-0.1, -0.05) is 27.7 Å². The second-order valence-corrected chi connectivity index (χ2v) is 4.29. The first-order valence-corrected chi connectivity index (χ1v) is 7.36. The lowest BCUT2D eigenvalue weighted by atomic mass is 10.0. The van der Waals surface area contributed by atoms with Crippen LogP contribution >= 0.6 is 0 Å². The maximum absolute atomic E-state index is 4.79. The zero-order chi connectivity index (χ0) is 12.8. The molecule has 0 saturated carbocycles. The molecule has 0 atom stereocenters. The van der Waals surface area contributed by atoms with Gasteiger partial charge in [0.1, 0.15) is 0 Å². The van der Waals surface area contributed by atoms with Crippen molar-refractivity contribution in [2.75, 3.05) is 0 Å². The van der Waals surface area contributed by atoms with E-state index in [2.05, 4.69) is 6.92 Å². The lowest BCUT2D eigenvalue weighted by Crippen LogP contribution is -2.00. The van der Waals surface area contributed by atoms with Gasteiger partial charge in [0.25, 0.3) is 0 Å². The van der Waals surface area contributed by atoms with Gasteiger partial charge < -0.3 is 0 Å². The first kappa shape index (κ1) is 14.2. The average Bonchev–Trinajstić information content (AvgIpc) is 3.03. The molecular weight excluding hydrogens is 206 g/mol. The van der Waals surface area contributed by atoms with Gasteiger partial charge in [-0.2, -0.15) is 0 Å². The van der Waals surface area contributed by atoms with E-state index >= 15 is 0 Å². The molecule has 17 heavy (non-hydrogen) atoms. The molecule has 0 saturated heterocycles. The maximum atomic E-state index is 4.79. The Bertz CT molecular complexity index is 334. The van der Waals surface area contributed by atoms with Crippen LogP contribution in [0.3, 0.4) is 0 Å². The van der Waals surface area contributed by atoms with Crippen molar-refractivity contribution in [3.63, 3.8) is 0 Å². The lowest BCUT2D eigenvalue weighted by molar-refractivity contribution is 0.871. The Labute approximate surface area is 107 Å². The number of fused-ring (bicyclic) bond motifs is 2. The topological polar surface area (TPSA) is 12.9 Å². The minimum atomic E-state index is 1.23. The normalized spacial score (nSPS) is 15.1. The van der Waals surface area contributed by atoms with Crippen molar-refractivity contribution in [1.82, 2.24) is 4.98 Å². The molecule has 0 aromatic carbocycles. The van der Waals surface area contributed by atoms with Crippen LogP contribution in [0.1, 0.15) is 68.6 Å². The predicted octanol–water partition coefficient (Wildman–Crippen LogP) is 4.42. The zero-order valence-corrected chi connectivity index (χ0v) is 12.2. The number of aryl methyl sites for hydroxylation is 2. The standard InChI is InChI=1S/C12H15N.2C2H6/c1-8-9-4-2-6-11(9)13-12-7-3-5-10(8)12;2*1-2/h2-7H2,1H3;2*1-2H3. The minimum Gasteiger partial charge on any atom is -0.257 e. The number of aromatic nitrogens is 1. The van der Waals surface area contributed by atoms with Gasteiger partial charge >= 0.3 is 0 Å². The highest BCUT2D eigenvalue weighted by atomic mass is 14.7. The van der Waals surface area contributed by atoms with E-state index in [4.69, 9.17) is 4.98 Å². The van der Waals surface area contributed by atoms with Crippen molar-refractivity contribution in [2.24, 2.45) is 0 Å². The van der Waals surface area contributed by atoms with Crippen molar-refractivity contribution in [3.05, 3.63) is 28.1 Å². The lowest BCUT2D eigenvalue weighted by Gasteiger charge is -2.09. The Morgan fingerprint density at radius 1 is 0.706 bits per heavy atom. The van der Waals surface area contributed by atoms with Crippen LogP contribution in [0.25, 0.3) is 0 Å². The van der Waals surface area contributed by atoms with Crippen molar-refractivity contribution in [2.45, 2.75) is 73.1 Å². The molecule has 0 spiro atoms.